The molecular formula is C24H35N3O5. The highest BCUT2D eigenvalue weighted by atomic mass is 16.5. The minimum atomic E-state index is 0.00546. The Balaban J connectivity index is 0.000000136. The largest absolute Gasteiger partial charge is 0.380 e. The van der Waals surface area contributed by atoms with Gasteiger partial charge in [0, 0.05) is 56.2 Å². The molecule has 5 saturated heterocycles. The van der Waals surface area contributed by atoms with Crippen molar-refractivity contribution in [2.45, 2.75) is 26.7 Å². The van der Waals surface area contributed by atoms with Crippen molar-refractivity contribution in [3.05, 3.63) is 23.2 Å². The second-order valence-corrected chi connectivity index (χ2v) is 10.1. The third-order valence-electron chi connectivity index (χ3n) is 7.44. The van der Waals surface area contributed by atoms with Crippen LogP contribution in [0.15, 0.2) is 23.2 Å². The van der Waals surface area contributed by atoms with Crippen LogP contribution in [0.3, 0.4) is 0 Å². The average molecular weight is 446 g/mol. The second kappa shape index (κ2) is 8.47. The van der Waals surface area contributed by atoms with Gasteiger partial charge in [0.15, 0.2) is 0 Å². The SMILES string of the molecule is CCC1(COCC2(CC)COC2)COC1.O=C1C=C(N2CC2)C(=O)C(N2CC2)=C1N1CC1. The smallest absolute Gasteiger partial charge is 0.227 e. The van der Waals surface area contributed by atoms with E-state index in [-0.39, 0.29) is 11.6 Å². The molecule has 0 spiro atoms. The molecule has 1 aliphatic carbocycles. The van der Waals surface area contributed by atoms with E-state index in [1.165, 1.54) is 6.08 Å². The molecule has 5 heterocycles. The Morgan fingerprint density at radius 3 is 1.62 bits per heavy atom. The molecular weight excluding hydrogens is 410 g/mol. The van der Waals surface area contributed by atoms with Gasteiger partial charge < -0.3 is 28.9 Å². The minimum Gasteiger partial charge on any atom is -0.380 e. The van der Waals surface area contributed by atoms with Crippen molar-refractivity contribution in [2.24, 2.45) is 10.8 Å². The molecule has 0 N–H and O–H groups in total. The van der Waals surface area contributed by atoms with E-state index in [2.05, 4.69) is 13.8 Å². The van der Waals surface area contributed by atoms with Gasteiger partial charge in [-0.15, -0.1) is 0 Å². The van der Waals surface area contributed by atoms with Gasteiger partial charge in [0.25, 0.3) is 0 Å². The molecule has 0 aromatic heterocycles. The van der Waals surface area contributed by atoms with Crippen LogP contribution >= 0.6 is 0 Å². The maximum atomic E-state index is 12.4. The quantitative estimate of drug-likeness (QED) is 0.385. The number of carbonyl (C=O) groups is 2. The van der Waals surface area contributed by atoms with E-state index < -0.39 is 0 Å². The van der Waals surface area contributed by atoms with Gasteiger partial charge in [0.2, 0.25) is 11.6 Å². The summed E-state index contributed by atoms with van der Waals surface area (Å²) >= 11 is 0. The fraction of sp³-hybridized carbons (Fsp3) is 0.750. The number of carbonyl (C=O) groups excluding carboxylic acids is 2. The summed E-state index contributed by atoms with van der Waals surface area (Å²) in [7, 11) is 0. The molecule has 0 unspecified atom stereocenters. The highest BCUT2D eigenvalue weighted by Crippen LogP contribution is 2.35. The van der Waals surface area contributed by atoms with Crippen molar-refractivity contribution in [1.82, 2.24) is 14.7 Å². The molecule has 0 atom stereocenters. The van der Waals surface area contributed by atoms with Gasteiger partial charge in [-0.2, -0.15) is 0 Å². The standard InChI is InChI=1S/C12H13N3O2.C12H22O3/c16-9-7-8(13-1-2-13)12(17)11(15-5-6-15)10(9)14-3-4-14;1-3-11(5-13-6-11)9-15-10-12(4-2)7-14-8-12/h7H,1-6H2;3-10H2,1-2H3. The number of allylic oxidation sites excluding steroid dienone is 1. The van der Waals surface area contributed by atoms with E-state index in [4.69, 9.17) is 14.2 Å². The number of Topliss-reactive ketones (excluding diaryl/α,β-unsaturated/α-hetero) is 1. The lowest BCUT2D eigenvalue weighted by Gasteiger charge is -2.44. The number of rotatable bonds is 9. The molecule has 32 heavy (non-hydrogen) atoms. The predicted molar refractivity (Wildman–Crippen MR) is 118 cm³/mol. The van der Waals surface area contributed by atoms with Gasteiger partial charge in [-0.1, -0.05) is 13.8 Å². The summed E-state index contributed by atoms with van der Waals surface area (Å²) in [5, 5.41) is 0. The normalized spacial score (nSPS) is 26.7. The molecule has 6 aliphatic rings. The highest BCUT2D eigenvalue weighted by Gasteiger charge is 2.44. The average Bonchev–Trinajstić information content (AvgIpc) is 3.57. The van der Waals surface area contributed by atoms with Gasteiger partial charge in [0.1, 0.15) is 11.4 Å². The van der Waals surface area contributed by atoms with E-state index in [9.17, 15) is 9.59 Å². The molecule has 5 fully saturated rings. The molecule has 0 aromatic carbocycles. The Labute approximate surface area is 190 Å². The summed E-state index contributed by atoms with van der Waals surface area (Å²) in [6.45, 7) is 15.0. The van der Waals surface area contributed by atoms with Crippen LogP contribution in [-0.2, 0) is 23.8 Å². The molecule has 0 radical (unpaired) electrons. The van der Waals surface area contributed by atoms with Crippen LogP contribution in [0.4, 0.5) is 0 Å². The summed E-state index contributed by atoms with van der Waals surface area (Å²) in [6, 6.07) is 0. The zero-order chi connectivity index (χ0) is 22.3. The number of nitrogens with zero attached hydrogens (tertiary/aromatic N) is 3. The summed E-state index contributed by atoms with van der Waals surface area (Å²) < 4.78 is 16.4. The first-order chi connectivity index (χ1) is 15.5. The van der Waals surface area contributed by atoms with E-state index >= 15 is 0 Å². The van der Waals surface area contributed by atoms with E-state index in [0.29, 0.717) is 27.9 Å². The summed E-state index contributed by atoms with van der Waals surface area (Å²) in [4.78, 5) is 30.5. The van der Waals surface area contributed by atoms with E-state index in [1.54, 1.807) is 0 Å². The molecule has 0 aromatic rings. The maximum Gasteiger partial charge on any atom is 0.227 e. The number of hydrogen-bond donors (Lipinski definition) is 0. The topological polar surface area (TPSA) is 70.9 Å². The Morgan fingerprint density at radius 1 is 0.781 bits per heavy atom. The third-order valence-corrected chi connectivity index (χ3v) is 7.44. The fourth-order valence-corrected chi connectivity index (χ4v) is 4.32. The Kier molecular flexibility index (Phi) is 5.80. The van der Waals surface area contributed by atoms with Gasteiger partial charge >= 0.3 is 0 Å². The fourth-order valence-electron chi connectivity index (χ4n) is 4.32. The van der Waals surface area contributed by atoms with Gasteiger partial charge in [-0.25, -0.2) is 0 Å². The van der Waals surface area contributed by atoms with Crippen LogP contribution in [0.2, 0.25) is 0 Å². The maximum absolute atomic E-state index is 12.4. The molecule has 8 nitrogen and oxygen atoms in total. The molecule has 6 rings (SSSR count). The highest BCUT2D eigenvalue weighted by molar-refractivity contribution is 6.22. The van der Waals surface area contributed by atoms with Gasteiger partial charge in [0.05, 0.1) is 45.3 Å². The monoisotopic (exact) mass is 445 g/mol. The Bertz CT molecular complexity index is 798. The zero-order valence-corrected chi connectivity index (χ0v) is 19.4. The van der Waals surface area contributed by atoms with Crippen LogP contribution in [0, 0.1) is 10.8 Å². The molecule has 0 saturated carbocycles. The van der Waals surface area contributed by atoms with Crippen LogP contribution < -0.4 is 0 Å². The van der Waals surface area contributed by atoms with Gasteiger partial charge in [-0.05, 0) is 12.8 Å². The lowest BCUT2D eigenvalue weighted by atomic mass is 9.83. The summed E-state index contributed by atoms with van der Waals surface area (Å²) in [5.74, 6) is 0.0485. The van der Waals surface area contributed by atoms with Crippen LogP contribution in [-0.4, -0.2) is 105 Å². The Hall–Kier alpha value is -1.90. The molecule has 8 heteroatoms. The number of ketones is 2. The summed E-state index contributed by atoms with van der Waals surface area (Å²) in [5.41, 5.74) is 2.52. The first-order valence-corrected chi connectivity index (χ1v) is 12.0. The van der Waals surface area contributed by atoms with Crippen molar-refractivity contribution in [2.75, 3.05) is 78.9 Å². The van der Waals surface area contributed by atoms with Crippen LogP contribution in [0.25, 0.3) is 0 Å². The number of hydrogen-bond acceptors (Lipinski definition) is 8. The van der Waals surface area contributed by atoms with Crippen LogP contribution in [0.1, 0.15) is 26.7 Å². The molecule has 5 aliphatic heterocycles. The first kappa shape index (κ1) is 21.9. The second-order valence-electron chi connectivity index (χ2n) is 10.1. The number of ether oxygens (including phenoxy) is 3. The Morgan fingerprint density at radius 2 is 1.25 bits per heavy atom. The van der Waals surface area contributed by atoms with Crippen molar-refractivity contribution in [3.8, 4) is 0 Å². The van der Waals surface area contributed by atoms with Crippen LogP contribution in [0.5, 0.6) is 0 Å². The lowest BCUT2D eigenvalue weighted by Crippen LogP contribution is -2.49. The van der Waals surface area contributed by atoms with Crippen molar-refractivity contribution in [1.29, 1.82) is 0 Å². The van der Waals surface area contributed by atoms with E-state index in [1.807, 2.05) is 14.7 Å². The summed E-state index contributed by atoms with van der Waals surface area (Å²) in [6.07, 6.45) is 3.83. The zero-order valence-electron chi connectivity index (χ0n) is 19.4. The molecule has 176 valence electrons. The minimum absolute atomic E-state index is 0.00546. The van der Waals surface area contributed by atoms with E-state index in [0.717, 1.165) is 91.8 Å². The van der Waals surface area contributed by atoms with Crippen molar-refractivity contribution >= 4 is 11.6 Å². The van der Waals surface area contributed by atoms with Crippen molar-refractivity contribution in [3.63, 3.8) is 0 Å². The molecule has 0 bridgehead atoms. The predicted octanol–water partition coefficient (Wildman–Crippen LogP) is 1.04. The van der Waals surface area contributed by atoms with Crippen molar-refractivity contribution < 1.29 is 23.8 Å². The molecule has 0 amide bonds. The first-order valence-electron chi connectivity index (χ1n) is 12.0. The third kappa shape index (κ3) is 4.32. The van der Waals surface area contributed by atoms with Gasteiger partial charge in [-0.3, -0.25) is 9.59 Å². The lowest BCUT2D eigenvalue weighted by molar-refractivity contribution is -0.187.